The molecule has 1 aliphatic rings. The van der Waals surface area contributed by atoms with E-state index in [1.807, 2.05) is 0 Å². The molecular weight excluding hydrogens is 344 g/mol. The Morgan fingerprint density at radius 2 is 1.55 bits per heavy atom. The first-order valence-electron chi connectivity index (χ1n) is 6.39. The molecule has 0 unspecified atom stereocenters. The van der Waals surface area contributed by atoms with Gasteiger partial charge in [-0.1, -0.05) is 0 Å². The predicted molar refractivity (Wildman–Crippen MR) is 82.1 cm³/mol. The minimum absolute atomic E-state index is 0. The molecule has 1 atom stereocenters. The van der Waals surface area contributed by atoms with E-state index in [1.54, 1.807) is 4.90 Å². The summed E-state index contributed by atoms with van der Waals surface area (Å²) in [5, 5.41) is 22.0. The van der Waals surface area contributed by atoms with Gasteiger partial charge in [0, 0.05) is 38.3 Å². The van der Waals surface area contributed by atoms with Crippen LogP contribution in [0.3, 0.4) is 0 Å². The number of aromatic hydroxyl groups is 2. The molecular formula is C13H19Cl2F3N2O2. The molecule has 0 spiro atoms. The molecule has 0 bridgehead atoms. The van der Waals surface area contributed by atoms with Gasteiger partial charge in [0.1, 0.15) is 11.5 Å². The highest BCUT2D eigenvalue weighted by molar-refractivity contribution is 5.85. The van der Waals surface area contributed by atoms with Crippen molar-refractivity contribution < 1.29 is 23.4 Å². The number of benzene rings is 1. The van der Waals surface area contributed by atoms with E-state index in [9.17, 15) is 23.4 Å². The number of piperazine rings is 1. The zero-order valence-electron chi connectivity index (χ0n) is 11.6. The Labute approximate surface area is 139 Å². The van der Waals surface area contributed by atoms with Crippen LogP contribution in [0.25, 0.3) is 0 Å². The molecule has 3 N–H and O–H groups in total. The van der Waals surface area contributed by atoms with Gasteiger partial charge >= 0.3 is 6.18 Å². The quantitative estimate of drug-likeness (QED) is 0.773. The third-order valence-corrected chi connectivity index (χ3v) is 3.33. The molecule has 2 rings (SSSR count). The van der Waals surface area contributed by atoms with E-state index in [2.05, 4.69) is 5.32 Å². The van der Waals surface area contributed by atoms with Gasteiger partial charge in [-0.15, -0.1) is 24.8 Å². The molecule has 1 aliphatic heterocycles. The number of phenols is 2. The Balaban J connectivity index is 0.00000220. The van der Waals surface area contributed by atoms with Crippen molar-refractivity contribution in [3.63, 3.8) is 0 Å². The molecule has 4 nitrogen and oxygen atoms in total. The van der Waals surface area contributed by atoms with Crippen LogP contribution in [0.4, 0.5) is 13.2 Å². The smallest absolute Gasteiger partial charge is 0.390 e. The zero-order valence-corrected chi connectivity index (χ0v) is 13.3. The highest BCUT2D eigenvalue weighted by atomic mass is 35.5. The summed E-state index contributed by atoms with van der Waals surface area (Å²) in [4.78, 5) is 1.72. The minimum atomic E-state index is -4.31. The number of nitrogens with one attached hydrogen (secondary N) is 1. The van der Waals surface area contributed by atoms with Gasteiger partial charge in [0.15, 0.2) is 0 Å². The number of hydrogen-bond acceptors (Lipinski definition) is 4. The van der Waals surface area contributed by atoms with Gasteiger partial charge in [-0.3, -0.25) is 4.90 Å². The summed E-state index contributed by atoms with van der Waals surface area (Å²) in [5.41, 5.74) is 0.279. The van der Waals surface area contributed by atoms with Crippen LogP contribution in [0.5, 0.6) is 11.5 Å². The summed E-state index contributed by atoms with van der Waals surface area (Å²) in [6, 6.07) is 2.76. The number of hydrogen-bond donors (Lipinski definition) is 3. The lowest BCUT2D eigenvalue weighted by molar-refractivity contribution is -0.148. The molecule has 22 heavy (non-hydrogen) atoms. The monoisotopic (exact) mass is 362 g/mol. The highest BCUT2D eigenvalue weighted by Gasteiger charge is 2.36. The maximum absolute atomic E-state index is 12.8. The first kappa shape index (κ1) is 21.1. The first-order chi connectivity index (χ1) is 9.35. The van der Waals surface area contributed by atoms with Gasteiger partial charge in [-0.25, -0.2) is 0 Å². The fourth-order valence-electron chi connectivity index (χ4n) is 2.48. The number of halogens is 5. The Morgan fingerprint density at radius 1 is 1.05 bits per heavy atom. The predicted octanol–water partition coefficient (Wildman–Crippen LogP) is 2.84. The van der Waals surface area contributed by atoms with Crippen molar-refractivity contribution in [2.45, 2.75) is 18.6 Å². The van der Waals surface area contributed by atoms with Crippen molar-refractivity contribution in [3.05, 3.63) is 23.8 Å². The van der Waals surface area contributed by atoms with Gasteiger partial charge in [0.25, 0.3) is 0 Å². The first-order valence-corrected chi connectivity index (χ1v) is 6.39. The Hall–Kier alpha value is -0.890. The summed E-state index contributed by atoms with van der Waals surface area (Å²) in [5.74, 6) is -0.468. The maximum atomic E-state index is 12.8. The molecule has 1 heterocycles. The van der Waals surface area contributed by atoms with Crippen molar-refractivity contribution in [1.29, 1.82) is 0 Å². The second kappa shape index (κ2) is 8.67. The van der Waals surface area contributed by atoms with Gasteiger partial charge < -0.3 is 15.5 Å². The Kier molecular flexibility index (Phi) is 8.32. The van der Waals surface area contributed by atoms with Crippen LogP contribution in [0.1, 0.15) is 18.0 Å². The molecule has 1 aromatic rings. The second-order valence-electron chi connectivity index (χ2n) is 4.90. The van der Waals surface area contributed by atoms with Crippen molar-refractivity contribution >= 4 is 24.8 Å². The van der Waals surface area contributed by atoms with Gasteiger partial charge in [-0.05, 0) is 17.7 Å². The van der Waals surface area contributed by atoms with Crippen molar-refractivity contribution in [2.75, 3.05) is 26.2 Å². The minimum Gasteiger partial charge on any atom is -0.508 e. The summed E-state index contributed by atoms with van der Waals surface area (Å²) in [7, 11) is 0. The normalized spacial score (nSPS) is 17.2. The summed E-state index contributed by atoms with van der Waals surface area (Å²) in [6.45, 7) is 2.24. The third-order valence-electron chi connectivity index (χ3n) is 3.33. The maximum Gasteiger partial charge on any atom is 0.390 e. The number of alkyl halides is 3. The SMILES string of the molecule is Cl.Cl.Oc1cc(O)cc([C@H](CC(F)(F)F)N2CCNCC2)c1. The molecule has 0 radical (unpaired) electrons. The van der Waals surface area contributed by atoms with Crippen LogP contribution < -0.4 is 5.32 Å². The Morgan fingerprint density at radius 3 is 2.00 bits per heavy atom. The molecule has 128 valence electrons. The lowest BCUT2D eigenvalue weighted by atomic mass is 10.00. The molecule has 1 aromatic carbocycles. The molecule has 1 fully saturated rings. The van der Waals surface area contributed by atoms with Crippen LogP contribution in [0.2, 0.25) is 0 Å². The fourth-order valence-corrected chi connectivity index (χ4v) is 2.48. The van der Waals surface area contributed by atoms with E-state index in [1.165, 1.54) is 12.1 Å². The molecule has 9 heteroatoms. The fraction of sp³-hybridized carbons (Fsp3) is 0.538. The average molecular weight is 363 g/mol. The second-order valence-corrected chi connectivity index (χ2v) is 4.90. The zero-order chi connectivity index (χ0) is 14.8. The van der Waals surface area contributed by atoms with Gasteiger partial charge in [-0.2, -0.15) is 13.2 Å². The standard InChI is InChI=1S/C13H17F3N2O2.2ClH/c14-13(15,16)8-12(18-3-1-17-2-4-18)9-5-10(19)7-11(20)6-9;;/h5-7,12,17,19-20H,1-4,8H2;2*1H/t12-;;/m0../s1. The van der Waals surface area contributed by atoms with E-state index in [0.29, 0.717) is 26.2 Å². The average Bonchev–Trinajstić information content (AvgIpc) is 2.35. The van der Waals surface area contributed by atoms with E-state index in [4.69, 9.17) is 0 Å². The number of phenolic OH excluding ortho intramolecular Hbond substituents is 2. The van der Waals surface area contributed by atoms with Crippen LogP contribution in [-0.4, -0.2) is 47.5 Å². The van der Waals surface area contributed by atoms with Crippen LogP contribution in [0.15, 0.2) is 18.2 Å². The lowest BCUT2D eigenvalue weighted by Crippen LogP contribution is -2.46. The van der Waals surface area contributed by atoms with Gasteiger partial charge in [0.2, 0.25) is 0 Å². The summed E-state index contributed by atoms with van der Waals surface area (Å²) >= 11 is 0. The largest absolute Gasteiger partial charge is 0.508 e. The topological polar surface area (TPSA) is 55.7 Å². The molecule has 0 aromatic heterocycles. The van der Waals surface area contributed by atoms with Crippen LogP contribution in [0, 0.1) is 0 Å². The molecule has 0 saturated carbocycles. The van der Waals surface area contributed by atoms with E-state index in [0.717, 1.165) is 6.07 Å². The molecule has 1 saturated heterocycles. The third kappa shape index (κ3) is 6.08. The lowest BCUT2D eigenvalue weighted by Gasteiger charge is -2.35. The molecule has 0 aliphatic carbocycles. The Bertz CT molecular complexity index is 449. The van der Waals surface area contributed by atoms with Crippen molar-refractivity contribution in [3.8, 4) is 11.5 Å². The molecule has 0 amide bonds. The van der Waals surface area contributed by atoms with Gasteiger partial charge in [0.05, 0.1) is 6.42 Å². The summed E-state index contributed by atoms with van der Waals surface area (Å²) in [6.07, 6.45) is -5.31. The van der Waals surface area contributed by atoms with Crippen LogP contribution >= 0.6 is 24.8 Å². The van der Waals surface area contributed by atoms with E-state index < -0.39 is 18.6 Å². The van der Waals surface area contributed by atoms with E-state index >= 15 is 0 Å². The highest BCUT2D eigenvalue weighted by Crippen LogP contribution is 2.36. The summed E-state index contributed by atoms with van der Waals surface area (Å²) < 4.78 is 38.3. The number of rotatable bonds is 3. The van der Waals surface area contributed by atoms with Crippen LogP contribution in [-0.2, 0) is 0 Å². The van der Waals surface area contributed by atoms with E-state index in [-0.39, 0.29) is 41.9 Å². The number of nitrogens with zero attached hydrogens (tertiary/aromatic N) is 1. The van der Waals surface area contributed by atoms with Crippen molar-refractivity contribution in [2.24, 2.45) is 0 Å². The van der Waals surface area contributed by atoms with Crippen molar-refractivity contribution in [1.82, 2.24) is 10.2 Å².